The topological polar surface area (TPSA) is 50.4 Å². The summed E-state index contributed by atoms with van der Waals surface area (Å²) in [5, 5.41) is 5.73. The van der Waals surface area contributed by atoms with Crippen LogP contribution in [0.2, 0.25) is 0 Å². The summed E-state index contributed by atoms with van der Waals surface area (Å²) in [6.45, 7) is 3.06. The van der Waals surface area contributed by atoms with E-state index < -0.39 is 0 Å². The first-order chi connectivity index (χ1) is 8.63. The standard InChI is InChI=1S/C13H19FN2O2/c1-10(11-4-3-5-12(14)8-11)16-9-13(17)15-6-7-18-2/h3-5,8,10,16H,6-7,9H2,1-2H3,(H,15,17). The van der Waals surface area contributed by atoms with E-state index in [1.807, 2.05) is 13.0 Å². The van der Waals surface area contributed by atoms with Gasteiger partial charge in [0.25, 0.3) is 0 Å². The van der Waals surface area contributed by atoms with Gasteiger partial charge in [0.2, 0.25) is 5.91 Å². The molecule has 0 spiro atoms. The van der Waals surface area contributed by atoms with Crippen LogP contribution in [0.1, 0.15) is 18.5 Å². The number of hydrogen-bond donors (Lipinski definition) is 2. The molecule has 0 aromatic heterocycles. The van der Waals surface area contributed by atoms with Crippen molar-refractivity contribution < 1.29 is 13.9 Å². The maximum absolute atomic E-state index is 13.0. The number of methoxy groups -OCH3 is 1. The molecule has 0 aliphatic heterocycles. The Kier molecular flexibility index (Phi) is 6.32. The van der Waals surface area contributed by atoms with Crippen LogP contribution in [0.15, 0.2) is 24.3 Å². The zero-order chi connectivity index (χ0) is 13.4. The molecule has 4 nitrogen and oxygen atoms in total. The average Bonchev–Trinajstić information content (AvgIpc) is 2.36. The fourth-order valence-corrected chi connectivity index (χ4v) is 1.49. The highest BCUT2D eigenvalue weighted by atomic mass is 19.1. The number of halogens is 1. The third kappa shape index (κ3) is 5.25. The largest absolute Gasteiger partial charge is 0.383 e. The predicted octanol–water partition coefficient (Wildman–Crippen LogP) is 1.24. The van der Waals surface area contributed by atoms with Gasteiger partial charge in [-0.05, 0) is 24.6 Å². The van der Waals surface area contributed by atoms with Crippen molar-refractivity contribution in [3.8, 4) is 0 Å². The second-order valence-corrected chi connectivity index (χ2v) is 4.00. The van der Waals surface area contributed by atoms with Gasteiger partial charge in [0.1, 0.15) is 5.82 Å². The summed E-state index contributed by atoms with van der Waals surface area (Å²) in [7, 11) is 1.58. The molecule has 0 heterocycles. The molecule has 18 heavy (non-hydrogen) atoms. The Morgan fingerprint density at radius 1 is 1.50 bits per heavy atom. The maximum Gasteiger partial charge on any atom is 0.234 e. The lowest BCUT2D eigenvalue weighted by Gasteiger charge is -2.14. The van der Waals surface area contributed by atoms with Gasteiger partial charge in [-0.1, -0.05) is 12.1 Å². The number of hydrogen-bond acceptors (Lipinski definition) is 3. The highest BCUT2D eigenvalue weighted by Gasteiger charge is 2.07. The summed E-state index contributed by atoms with van der Waals surface area (Å²) in [5.41, 5.74) is 0.819. The summed E-state index contributed by atoms with van der Waals surface area (Å²) in [6, 6.07) is 6.26. The van der Waals surface area contributed by atoms with Crippen LogP contribution >= 0.6 is 0 Å². The van der Waals surface area contributed by atoms with Crippen molar-refractivity contribution in [3.63, 3.8) is 0 Å². The molecule has 5 heteroatoms. The minimum atomic E-state index is -0.273. The number of rotatable bonds is 7. The van der Waals surface area contributed by atoms with Gasteiger partial charge in [-0.2, -0.15) is 0 Å². The van der Waals surface area contributed by atoms with Crippen LogP contribution in [0.4, 0.5) is 4.39 Å². The molecule has 1 aromatic rings. The molecule has 0 aliphatic carbocycles. The second kappa shape index (κ2) is 7.79. The van der Waals surface area contributed by atoms with Crippen molar-refractivity contribution >= 4 is 5.91 Å². The first-order valence-corrected chi connectivity index (χ1v) is 5.88. The van der Waals surface area contributed by atoms with Gasteiger partial charge >= 0.3 is 0 Å². The van der Waals surface area contributed by atoms with E-state index >= 15 is 0 Å². The summed E-state index contributed by atoms with van der Waals surface area (Å²) < 4.78 is 17.8. The third-order valence-corrected chi connectivity index (χ3v) is 2.55. The average molecular weight is 254 g/mol. The lowest BCUT2D eigenvalue weighted by molar-refractivity contribution is -0.120. The Morgan fingerprint density at radius 2 is 2.28 bits per heavy atom. The van der Waals surface area contributed by atoms with Gasteiger partial charge < -0.3 is 15.4 Å². The number of ether oxygens (including phenoxy) is 1. The molecule has 0 bridgehead atoms. The highest BCUT2D eigenvalue weighted by molar-refractivity contribution is 5.78. The van der Waals surface area contributed by atoms with E-state index in [-0.39, 0.29) is 24.3 Å². The second-order valence-electron chi connectivity index (χ2n) is 4.00. The number of amides is 1. The van der Waals surface area contributed by atoms with E-state index in [2.05, 4.69) is 10.6 Å². The molecule has 0 saturated carbocycles. The summed E-state index contributed by atoms with van der Waals surface area (Å²) in [6.07, 6.45) is 0. The van der Waals surface area contributed by atoms with Crippen molar-refractivity contribution in [1.29, 1.82) is 0 Å². The van der Waals surface area contributed by atoms with E-state index in [9.17, 15) is 9.18 Å². The highest BCUT2D eigenvalue weighted by Crippen LogP contribution is 2.12. The smallest absolute Gasteiger partial charge is 0.234 e. The molecule has 1 rings (SSSR count). The van der Waals surface area contributed by atoms with Crippen molar-refractivity contribution in [1.82, 2.24) is 10.6 Å². The normalized spacial score (nSPS) is 12.2. The molecule has 1 unspecified atom stereocenters. The van der Waals surface area contributed by atoms with E-state index in [1.54, 1.807) is 13.2 Å². The molecule has 0 aliphatic rings. The summed E-state index contributed by atoms with van der Waals surface area (Å²) >= 11 is 0. The lowest BCUT2D eigenvalue weighted by Crippen LogP contribution is -2.36. The summed E-state index contributed by atoms with van der Waals surface area (Å²) in [4.78, 5) is 11.4. The fraction of sp³-hybridized carbons (Fsp3) is 0.462. The molecule has 0 radical (unpaired) electrons. The van der Waals surface area contributed by atoms with Crippen LogP contribution in [0, 0.1) is 5.82 Å². The molecule has 1 aromatic carbocycles. The zero-order valence-electron chi connectivity index (χ0n) is 10.7. The van der Waals surface area contributed by atoms with E-state index in [4.69, 9.17) is 4.74 Å². The van der Waals surface area contributed by atoms with E-state index in [0.717, 1.165) is 5.56 Å². The van der Waals surface area contributed by atoms with Crippen molar-refractivity contribution in [2.24, 2.45) is 0 Å². The molecule has 100 valence electrons. The minimum absolute atomic E-state index is 0.0751. The van der Waals surface area contributed by atoms with E-state index in [1.165, 1.54) is 12.1 Å². The molecule has 0 fully saturated rings. The number of nitrogens with one attached hydrogen (secondary N) is 2. The van der Waals surface area contributed by atoms with Gasteiger partial charge in [-0.15, -0.1) is 0 Å². The van der Waals surface area contributed by atoms with Gasteiger partial charge in [-0.25, -0.2) is 4.39 Å². The molecule has 1 amide bonds. The van der Waals surface area contributed by atoms with Crippen LogP contribution in [-0.4, -0.2) is 32.7 Å². The molecule has 2 N–H and O–H groups in total. The maximum atomic E-state index is 13.0. The molecule has 1 atom stereocenters. The molecular formula is C13H19FN2O2. The Morgan fingerprint density at radius 3 is 2.94 bits per heavy atom. The van der Waals surface area contributed by atoms with Crippen molar-refractivity contribution in [3.05, 3.63) is 35.6 Å². The van der Waals surface area contributed by atoms with Crippen LogP contribution in [0.25, 0.3) is 0 Å². The number of benzene rings is 1. The SMILES string of the molecule is COCCNC(=O)CNC(C)c1cccc(F)c1. The van der Waals surface area contributed by atoms with Gasteiger partial charge in [0.05, 0.1) is 13.2 Å². The van der Waals surface area contributed by atoms with E-state index in [0.29, 0.717) is 13.2 Å². The monoisotopic (exact) mass is 254 g/mol. The quantitative estimate of drug-likeness (QED) is 0.720. The fourth-order valence-electron chi connectivity index (χ4n) is 1.49. The predicted molar refractivity (Wildman–Crippen MR) is 67.7 cm³/mol. The molecular weight excluding hydrogens is 235 g/mol. The minimum Gasteiger partial charge on any atom is -0.383 e. The Balaban J connectivity index is 2.32. The Bertz CT molecular complexity index is 385. The third-order valence-electron chi connectivity index (χ3n) is 2.55. The zero-order valence-corrected chi connectivity index (χ0v) is 10.7. The number of carbonyl (C=O) groups excluding carboxylic acids is 1. The van der Waals surface area contributed by atoms with Crippen LogP contribution in [0.3, 0.4) is 0 Å². The van der Waals surface area contributed by atoms with Crippen LogP contribution in [0.5, 0.6) is 0 Å². The van der Waals surface area contributed by atoms with Gasteiger partial charge in [0, 0.05) is 19.7 Å². The van der Waals surface area contributed by atoms with Gasteiger partial charge in [-0.3, -0.25) is 4.79 Å². The van der Waals surface area contributed by atoms with Crippen LogP contribution in [-0.2, 0) is 9.53 Å². The Labute approximate surface area is 107 Å². The van der Waals surface area contributed by atoms with Gasteiger partial charge in [0.15, 0.2) is 0 Å². The Hall–Kier alpha value is -1.46. The van der Waals surface area contributed by atoms with Crippen LogP contribution < -0.4 is 10.6 Å². The van der Waals surface area contributed by atoms with Crippen molar-refractivity contribution in [2.45, 2.75) is 13.0 Å². The lowest BCUT2D eigenvalue weighted by atomic mass is 10.1. The first-order valence-electron chi connectivity index (χ1n) is 5.88. The van der Waals surface area contributed by atoms with Crippen molar-refractivity contribution in [2.75, 3.05) is 26.8 Å². The summed E-state index contributed by atoms with van der Waals surface area (Å²) in [5.74, 6) is -0.374. The first kappa shape index (κ1) is 14.6. The molecule has 0 saturated heterocycles. The number of carbonyl (C=O) groups is 1.